The van der Waals surface area contributed by atoms with E-state index in [-0.39, 0.29) is 0 Å². The van der Waals surface area contributed by atoms with Gasteiger partial charge in [0.25, 0.3) is 0 Å². The third kappa shape index (κ3) is 3.88. The lowest BCUT2D eigenvalue weighted by molar-refractivity contribution is 0.327. The number of methoxy groups -OCH3 is 2. The normalized spacial score (nSPS) is 17.7. The molecule has 0 aliphatic carbocycles. The van der Waals surface area contributed by atoms with E-state index in [0.717, 1.165) is 31.6 Å². The van der Waals surface area contributed by atoms with Gasteiger partial charge in [-0.15, -0.1) is 0 Å². The molecule has 0 radical (unpaired) electrons. The second-order valence-electron chi connectivity index (χ2n) is 5.72. The molecule has 2 aromatic rings. The van der Waals surface area contributed by atoms with E-state index in [9.17, 15) is 0 Å². The molecule has 1 aromatic carbocycles. The second-order valence-corrected chi connectivity index (χ2v) is 6.10. The van der Waals surface area contributed by atoms with Crippen LogP contribution in [0.3, 0.4) is 0 Å². The average molecular weight is 349 g/mol. The van der Waals surface area contributed by atoms with Crippen molar-refractivity contribution in [1.29, 1.82) is 0 Å². The maximum atomic E-state index is 6.39. The monoisotopic (exact) mass is 348 g/mol. The van der Waals surface area contributed by atoms with Crippen molar-refractivity contribution in [3.8, 4) is 11.6 Å². The van der Waals surface area contributed by atoms with Crippen molar-refractivity contribution >= 4 is 17.5 Å². The van der Waals surface area contributed by atoms with Gasteiger partial charge in [-0.25, -0.2) is 4.98 Å². The van der Waals surface area contributed by atoms with Crippen LogP contribution in [0.2, 0.25) is 5.02 Å². The Labute approximate surface area is 146 Å². The fraction of sp³-hybridized carbons (Fsp3) is 0.412. The van der Waals surface area contributed by atoms with Crippen LogP contribution in [0.5, 0.6) is 11.6 Å². The lowest BCUT2D eigenvalue weighted by Crippen LogP contribution is -2.26. The minimum atomic E-state index is 0.307. The summed E-state index contributed by atoms with van der Waals surface area (Å²) in [5.74, 6) is 1.87. The van der Waals surface area contributed by atoms with E-state index in [1.54, 1.807) is 26.5 Å². The number of halogens is 1. The van der Waals surface area contributed by atoms with Crippen LogP contribution in [0.1, 0.15) is 12.0 Å². The Morgan fingerprint density at radius 2 is 2.17 bits per heavy atom. The van der Waals surface area contributed by atoms with Crippen molar-refractivity contribution < 1.29 is 9.47 Å². The molecule has 0 spiro atoms. The quantitative estimate of drug-likeness (QED) is 0.866. The molecule has 0 bridgehead atoms. The van der Waals surface area contributed by atoms with E-state index in [2.05, 4.69) is 20.2 Å². The summed E-state index contributed by atoms with van der Waals surface area (Å²) in [6, 6.07) is 7.92. The maximum Gasteiger partial charge on any atom is 0.226 e. The smallest absolute Gasteiger partial charge is 0.226 e. The lowest BCUT2D eigenvalue weighted by atomic mass is 10.2. The Hall–Kier alpha value is -2.05. The summed E-state index contributed by atoms with van der Waals surface area (Å²) in [6.45, 7) is 2.70. The molecule has 1 aliphatic heterocycles. The van der Waals surface area contributed by atoms with Gasteiger partial charge in [0.05, 0.1) is 19.2 Å². The Morgan fingerprint density at radius 3 is 2.96 bits per heavy atom. The molecule has 128 valence electrons. The highest BCUT2D eigenvalue weighted by molar-refractivity contribution is 6.32. The Bertz CT molecular complexity index is 698. The first-order chi connectivity index (χ1) is 11.7. The second kappa shape index (κ2) is 7.68. The molecule has 6 nitrogen and oxygen atoms in total. The zero-order chi connectivity index (χ0) is 16.9. The first kappa shape index (κ1) is 16.8. The molecule has 1 unspecified atom stereocenters. The molecule has 1 atom stereocenters. The van der Waals surface area contributed by atoms with Crippen LogP contribution in [0.4, 0.5) is 5.95 Å². The van der Waals surface area contributed by atoms with Gasteiger partial charge in [-0.1, -0.05) is 23.7 Å². The van der Waals surface area contributed by atoms with E-state index in [4.69, 9.17) is 21.1 Å². The third-order valence-corrected chi connectivity index (χ3v) is 4.53. The van der Waals surface area contributed by atoms with Crippen LogP contribution in [-0.2, 0) is 6.54 Å². The van der Waals surface area contributed by atoms with Crippen LogP contribution in [-0.4, -0.2) is 48.2 Å². The van der Waals surface area contributed by atoms with Crippen molar-refractivity contribution in [2.24, 2.45) is 0 Å². The molecule has 3 rings (SSSR count). The number of anilines is 1. The van der Waals surface area contributed by atoms with Crippen LogP contribution in [0, 0.1) is 0 Å². The number of rotatable bonds is 6. The molecule has 1 aliphatic rings. The van der Waals surface area contributed by atoms with E-state index in [0.29, 0.717) is 28.6 Å². The number of nitrogens with one attached hydrogen (secondary N) is 1. The number of ether oxygens (including phenoxy) is 2. The highest BCUT2D eigenvalue weighted by Gasteiger charge is 2.24. The average Bonchev–Trinajstić information content (AvgIpc) is 3.04. The van der Waals surface area contributed by atoms with Gasteiger partial charge < -0.3 is 14.8 Å². The highest BCUT2D eigenvalue weighted by atomic mass is 35.5. The van der Waals surface area contributed by atoms with Gasteiger partial charge in [0.1, 0.15) is 5.75 Å². The summed E-state index contributed by atoms with van der Waals surface area (Å²) >= 11 is 6.39. The fourth-order valence-corrected chi connectivity index (χ4v) is 3.14. The van der Waals surface area contributed by atoms with Crippen molar-refractivity contribution in [1.82, 2.24) is 14.9 Å². The van der Waals surface area contributed by atoms with Gasteiger partial charge in [-0.05, 0) is 18.1 Å². The molecule has 1 saturated heterocycles. The molecule has 0 amide bonds. The van der Waals surface area contributed by atoms with Crippen LogP contribution >= 0.6 is 11.6 Å². The summed E-state index contributed by atoms with van der Waals surface area (Å²) in [6.07, 6.45) is 2.72. The first-order valence-electron chi connectivity index (χ1n) is 7.87. The molecule has 24 heavy (non-hydrogen) atoms. The predicted molar refractivity (Wildman–Crippen MR) is 93.9 cm³/mol. The molecular weight excluding hydrogens is 328 g/mol. The Kier molecular flexibility index (Phi) is 5.37. The summed E-state index contributed by atoms with van der Waals surface area (Å²) in [5.41, 5.74) is 1.08. The van der Waals surface area contributed by atoms with Crippen LogP contribution < -0.4 is 14.8 Å². The van der Waals surface area contributed by atoms with Gasteiger partial charge in [0.15, 0.2) is 0 Å². The molecular formula is C17H21ClN4O2. The van der Waals surface area contributed by atoms with Crippen LogP contribution in [0.15, 0.2) is 30.5 Å². The number of hydrogen-bond donors (Lipinski definition) is 1. The van der Waals surface area contributed by atoms with E-state index in [1.807, 2.05) is 18.2 Å². The zero-order valence-corrected chi connectivity index (χ0v) is 14.6. The summed E-state index contributed by atoms with van der Waals surface area (Å²) in [5, 5.41) is 4.05. The van der Waals surface area contributed by atoms with Crippen molar-refractivity contribution in [3.05, 3.63) is 41.0 Å². The van der Waals surface area contributed by atoms with Crippen molar-refractivity contribution in [2.75, 3.05) is 32.6 Å². The molecule has 2 heterocycles. The van der Waals surface area contributed by atoms with Crippen LogP contribution in [0.25, 0.3) is 0 Å². The number of likely N-dealkylation sites (tertiary alicyclic amines) is 1. The molecule has 7 heteroatoms. The topological polar surface area (TPSA) is 59.5 Å². The molecule has 0 saturated carbocycles. The van der Waals surface area contributed by atoms with E-state index < -0.39 is 0 Å². The standard InChI is InChI=1S/C17H21ClN4O2/c1-23-14-5-3-4-12(16(14)18)10-22-9-7-13(11-22)20-17-19-8-6-15(21-17)24-2/h3-6,8,13H,7,9-11H2,1-2H3,(H,19,20,21). The fourth-order valence-electron chi connectivity index (χ4n) is 2.88. The summed E-state index contributed by atoms with van der Waals surface area (Å²) in [4.78, 5) is 10.9. The minimum Gasteiger partial charge on any atom is -0.495 e. The maximum absolute atomic E-state index is 6.39. The predicted octanol–water partition coefficient (Wildman–Crippen LogP) is 2.83. The molecule has 1 N–H and O–H groups in total. The van der Waals surface area contributed by atoms with E-state index in [1.165, 1.54) is 0 Å². The van der Waals surface area contributed by atoms with Crippen molar-refractivity contribution in [3.63, 3.8) is 0 Å². The van der Waals surface area contributed by atoms with Gasteiger partial charge in [0, 0.05) is 37.9 Å². The van der Waals surface area contributed by atoms with Gasteiger partial charge >= 0.3 is 0 Å². The SMILES string of the molecule is COc1ccnc(NC2CCN(Cc3cccc(OC)c3Cl)C2)n1. The van der Waals surface area contributed by atoms with Gasteiger partial charge in [0.2, 0.25) is 11.8 Å². The summed E-state index contributed by atoms with van der Waals surface area (Å²) in [7, 11) is 3.23. The summed E-state index contributed by atoms with van der Waals surface area (Å²) < 4.78 is 10.4. The Morgan fingerprint density at radius 1 is 1.29 bits per heavy atom. The van der Waals surface area contributed by atoms with E-state index >= 15 is 0 Å². The number of hydrogen-bond acceptors (Lipinski definition) is 6. The molecule has 1 fully saturated rings. The highest BCUT2D eigenvalue weighted by Crippen LogP contribution is 2.29. The minimum absolute atomic E-state index is 0.307. The lowest BCUT2D eigenvalue weighted by Gasteiger charge is -2.18. The Balaban J connectivity index is 1.59. The molecule has 1 aromatic heterocycles. The van der Waals surface area contributed by atoms with Crippen molar-refractivity contribution in [2.45, 2.75) is 19.0 Å². The number of aromatic nitrogens is 2. The number of benzene rings is 1. The largest absolute Gasteiger partial charge is 0.495 e. The third-order valence-electron chi connectivity index (χ3n) is 4.10. The first-order valence-corrected chi connectivity index (χ1v) is 8.24. The van der Waals surface area contributed by atoms with Gasteiger partial charge in [-0.3, -0.25) is 4.90 Å². The number of nitrogens with zero attached hydrogens (tertiary/aromatic N) is 3. The van der Waals surface area contributed by atoms with Gasteiger partial charge in [-0.2, -0.15) is 4.98 Å². The zero-order valence-electron chi connectivity index (χ0n) is 13.8.